The number of pyridine rings is 1. The van der Waals surface area contributed by atoms with Gasteiger partial charge in [0.25, 0.3) is 0 Å². The van der Waals surface area contributed by atoms with Crippen molar-refractivity contribution in [2.75, 3.05) is 0 Å². The summed E-state index contributed by atoms with van der Waals surface area (Å²) >= 11 is 0. The van der Waals surface area contributed by atoms with Crippen molar-refractivity contribution in [1.82, 2.24) is 14.1 Å². The molecule has 0 aliphatic rings. The van der Waals surface area contributed by atoms with Crippen LogP contribution < -0.4 is 0 Å². The lowest BCUT2D eigenvalue weighted by atomic mass is 9.96. The number of nitrogens with zero attached hydrogens (tertiary/aromatic N) is 4. The highest BCUT2D eigenvalue weighted by molar-refractivity contribution is 6.13. The van der Waals surface area contributed by atoms with E-state index in [4.69, 9.17) is 4.98 Å². The summed E-state index contributed by atoms with van der Waals surface area (Å²) in [6.07, 6.45) is -2.92. The quantitative estimate of drug-likeness (QED) is 0.160. The van der Waals surface area contributed by atoms with E-state index in [0.29, 0.717) is 17.1 Å². The maximum atomic E-state index is 15.1. The molecule has 3 heterocycles. The zero-order chi connectivity index (χ0) is 52.9. The Balaban J connectivity index is 1.20. The minimum atomic E-state index is -4.73. The van der Waals surface area contributed by atoms with E-state index in [1.54, 1.807) is 6.07 Å². The third kappa shape index (κ3) is 8.22. The van der Waals surface area contributed by atoms with Crippen molar-refractivity contribution in [3.63, 3.8) is 0 Å². The predicted octanol–water partition coefficient (Wildman–Crippen LogP) is 19.0. The van der Waals surface area contributed by atoms with Crippen LogP contribution in [0, 0.1) is 66.7 Å². The van der Waals surface area contributed by atoms with Gasteiger partial charge in [-0.15, -0.1) is 0 Å². The third-order valence-electron chi connectivity index (χ3n) is 15.3. The highest BCUT2D eigenvalue weighted by Gasteiger charge is 2.32. The normalized spacial score (nSPS) is 11.9. The monoisotopic (exact) mass is 994 g/mol. The molecule has 0 saturated carbocycles. The van der Waals surface area contributed by atoms with Gasteiger partial charge in [-0.1, -0.05) is 144 Å². The maximum Gasteiger partial charge on any atom is 0.416 e. The fourth-order valence-electron chi connectivity index (χ4n) is 11.7. The van der Waals surface area contributed by atoms with Crippen LogP contribution in [0.5, 0.6) is 0 Å². The molecule has 0 aliphatic heterocycles. The summed E-state index contributed by atoms with van der Waals surface area (Å²) in [6.45, 7) is 16.8. The average molecular weight is 995 g/mol. The first kappa shape index (κ1) is 48.0. The van der Waals surface area contributed by atoms with Gasteiger partial charge in [0, 0.05) is 27.1 Å². The van der Waals surface area contributed by atoms with Crippen LogP contribution in [0.2, 0.25) is 0 Å². The van der Waals surface area contributed by atoms with Gasteiger partial charge in [-0.25, -0.2) is 4.98 Å². The summed E-state index contributed by atoms with van der Waals surface area (Å²) in [7, 11) is 0. The van der Waals surface area contributed by atoms with Gasteiger partial charge in [0.05, 0.1) is 51.1 Å². The highest BCUT2D eigenvalue weighted by atomic mass is 19.4. The van der Waals surface area contributed by atoms with E-state index >= 15 is 13.2 Å². The van der Waals surface area contributed by atoms with E-state index in [2.05, 4.69) is 216 Å². The Bertz CT molecular complexity index is 4230. The van der Waals surface area contributed by atoms with Crippen molar-refractivity contribution in [3.8, 4) is 73.2 Å². The topological polar surface area (TPSA) is 46.5 Å². The van der Waals surface area contributed by atoms with Crippen molar-refractivity contribution >= 4 is 43.6 Å². The number of hydrogen-bond acceptors (Lipinski definition) is 2. The van der Waals surface area contributed by atoms with E-state index in [1.807, 2.05) is 12.3 Å². The Morgan fingerprint density at radius 2 is 0.750 bits per heavy atom. The number of benzene rings is 9. The Hall–Kier alpha value is -8.99. The number of aryl methyl sites for hydroxylation is 8. The smallest absolute Gasteiger partial charge is 0.307 e. The predicted molar refractivity (Wildman–Crippen MR) is 308 cm³/mol. The fraction of sp³-hybridized carbons (Fsp3) is 0.130. The molecule has 76 heavy (non-hydrogen) atoms. The van der Waals surface area contributed by atoms with Crippen LogP contribution >= 0.6 is 0 Å². The number of nitriles is 1. The second kappa shape index (κ2) is 18.1. The molecule has 4 nitrogen and oxygen atoms in total. The number of aromatic nitrogens is 3. The third-order valence-corrected chi connectivity index (χ3v) is 15.3. The number of alkyl halides is 3. The number of rotatable bonds is 7. The van der Waals surface area contributed by atoms with E-state index < -0.39 is 11.7 Å². The molecule has 7 heteroatoms. The number of halogens is 3. The van der Waals surface area contributed by atoms with Crippen LogP contribution in [0.25, 0.3) is 111 Å². The lowest BCUT2D eigenvalue weighted by molar-refractivity contribution is -0.137. The van der Waals surface area contributed by atoms with Gasteiger partial charge in [0.2, 0.25) is 0 Å². The highest BCUT2D eigenvalue weighted by Crippen LogP contribution is 2.44. The molecule has 12 aromatic rings. The summed E-state index contributed by atoms with van der Waals surface area (Å²) in [6, 6.07) is 59.5. The Morgan fingerprint density at radius 1 is 0.382 bits per heavy atom. The van der Waals surface area contributed by atoms with Gasteiger partial charge in [-0.2, -0.15) is 18.4 Å². The van der Waals surface area contributed by atoms with Crippen LogP contribution in [-0.4, -0.2) is 14.1 Å². The summed E-state index contributed by atoms with van der Waals surface area (Å²) in [5.74, 6) is 0.512. The molecule has 0 amide bonds. The first-order valence-corrected chi connectivity index (χ1v) is 25.6. The molecule has 0 spiro atoms. The van der Waals surface area contributed by atoms with Crippen molar-refractivity contribution in [1.29, 1.82) is 5.26 Å². The number of fused-ring (bicyclic) bond motifs is 6. The molecule has 0 atom stereocenters. The largest absolute Gasteiger partial charge is 0.416 e. The molecule has 0 N–H and O–H groups in total. The summed E-state index contributed by atoms with van der Waals surface area (Å²) < 4.78 is 49.6. The fourth-order valence-corrected chi connectivity index (χ4v) is 11.7. The van der Waals surface area contributed by atoms with Crippen LogP contribution in [0.15, 0.2) is 176 Å². The molecular formula is C69H53F3N4. The minimum absolute atomic E-state index is 0.0984. The molecule has 370 valence electrons. The van der Waals surface area contributed by atoms with Crippen molar-refractivity contribution in [3.05, 3.63) is 232 Å². The first-order valence-electron chi connectivity index (χ1n) is 25.6. The zero-order valence-electron chi connectivity index (χ0n) is 43.7. The second-order valence-corrected chi connectivity index (χ2v) is 20.8. The summed E-state index contributed by atoms with van der Waals surface area (Å²) in [4.78, 5) is 5.42. The van der Waals surface area contributed by atoms with E-state index in [-0.39, 0.29) is 11.1 Å². The molecular weight excluding hydrogens is 942 g/mol. The Labute approximate surface area is 440 Å². The molecule has 0 saturated heterocycles. The minimum Gasteiger partial charge on any atom is -0.307 e. The molecule has 3 aromatic heterocycles. The Morgan fingerprint density at radius 3 is 1.09 bits per heavy atom. The van der Waals surface area contributed by atoms with Crippen LogP contribution in [0.1, 0.15) is 55.6 Å². The molecule has 0 aliphatic carbocycles. The van der Waals surface area contributed by atoms with Gasteiger partial charge in [0.15, 0.2) is 0 Å². The zero-order valence-corrected chi connectivity index (χ0v) is 43.7. The standard InChI is InChI=1S/C69H53F3N4/c1-39-9-17-54(43(5)25-39)48-13-21-58-59-22-14-49(55-18-10-40(2)26-44(55)6)33-64(59)75(63(58)32-48)67-38-74-68(36-62(67)52-29-47(37-73)30-53(31-52)69(70,71)72)76-65-34-50(56-19-11-41(3)27-45(56)7)15-23-60(65)61-24-16-51(35-66(61)76)57-20-12-42(4)28-46(57)8/h9-36,38H,1-8H3. The van der Waals surface area contributed by atoms with Crippen LogP contribution in [0.3, 0.4) is 0 Å². The molecule has 9 aromatic carbocycles. The lowest BCUT2D eigenvalue weighted by Gasteiger charge is -2.19. The molecule has 0 bridgehead atoms. The molecule has 0 radical (unpaired) electrons. The van der Waals surface area contributed by atoms with E-state index in [9.17, 15) is 5.26 Å². The number of hydrogen-bond donors (Lipinski definition) is 0. The van der Waals surface area contributed by atoms with Gasteiger partial charge < -0.3 is 4.57 Å². The average Bonchev–Trinajstić information content (AvgIpc) is 3.90. The molecule has 0 unspecified atom stereocenters. The van der Waals surface area contributed by atoms with Crippen LogP contribution in [0.4, 0.5) is 13.2 Å². The van der Waals surface area contributed by atoms with Gasteiger partial charge in [0.1, 0.15) is 5.82 Å². The lowest BCUT2D eigenvalue weighted by Crippen LogP contribution is -2.07. The van der Waals surface area contributed by atoms with Crippen molar-refractivity contribution in [2.45, 2.75) is 61.6 Å². The molecule has 0 fully saturated rings. The van der Waals surface area contributed by atoms with Gasteiger partial charge >= 0.3 is 6.18 Å². The molecule has 12 rings (SSSR count). The van der Waals surface area contributed by atoms with Gasteiger partial charge in [-0.05, 0) is 176 Å². The SMILES string of the molecule is Cc1ccc(-c2ccc3c4ccc(-c5ccc(C)cc5C)cc4n(-c4cc(-c5cc(C#N)cc(C(F)(F)F)c5)c(-n5c6cc(-c7ccc(C)cc7C)ccc6c6ccc(-c7ccc(C)cc7C)cc65)cn4)c3c2)c(C)c1. The van der Waals surface area contributed by atoms with E-state index in [0.717, 1.165) is 128 Å². The van der Waals surface area contributed by atoms with Crippen molar-refractivity contribution in [2.24, 2.45) is 0 Å². The first-order chi connectivity index (χ1) is 36.5. The van der Waals surface area contributed by atoms with Gasteiger partial charge in [-0.3, -0.25) is 4.57 Å². The Kier molecular flexibility index (Phi) is 11.5. The maximum absolute atomic E-state index is 15.1. The van der Waals surface area contributed by atoms with Crippen LogP contribution in [-0.2, 0) is 6.18 Å². The summed E-state index contributed by atoms with van der Waals surface area (Å²) in [5, 5.41) is 14.4. The summed E-state index contributed by atoms with van der Waals surface area (Å²) in [5.41, 5.74) is 21.5. The van der Waals surface area contributed by atoms with Crippen molar-refractivity contribution < 1.29 is 13.2 Å². The second-order valence-electron chi connectivity index (χ2n) is 20.8. The van der Waals surface area contributed by atoms with E-state index in [1.165, 1.54) is 17.2 Å².